The van der Waals surface area contributed by atoms with E-state index in [0.717, 1.165) is 24.8 Å². The number of nitrogens with zero attached hydrogens (tertiary/aromatic N) is 1. The molecule has 2 rings (SSSR count). The molecule has 0 aliphatic carbocycles. The number of carbonyl (C=O) groups excluding carboxylic acids is 1. The SMILES string of the molecule is C[C@@H]1CC[C@H](C)N1C(=O)CC[C@H](N)c1ccccc1. The molecular weight excluding hydrogens is 236 g/mol. The van der Waals surface area contributed by atoms with Gasteiger partial charge in [0, 0.05) is 24.5 Å². The van der Waals surface area contributed by atoms with Gasteiger partial charge in [-0.3, -0.25) is 4.79 Å². The van der Waals surface area contributed by atoms with Crippen LogP contribution in [0.1, 0.15) is 51.1 Å². The van der Waals surface area contributed by atoms with Crippen LogP contribution in [-0.2, 0) is 4.79 Å². The standard InChI is InChI=1S/C16H24N2O/c1-12-8-9-13(2)18(12)16(19)11-10-15(17)14-6-4-3-5-7-14/h3-7,12-13,15H,8-11,17H2,1-2H3/t12-,13+,15-/m0/s1. The van der Waals surface area contributed by atoms with Crippen LogP contribution in [0.2, 0.25) is 0 Å². The molecule has 1 saturated heterocycles. The Balaban J connectivity index is 1.87. The van der Waals surface area contributed by atoms with Crippen LogP contribution >= 0.6 is 0 Å². The van der Waals surface area contributed by atoms with Gasteiger partial charge in [0.1, 0.15) is 0 Å². The lowest BCUT2D eigenvalue weighted by Gasteiger charge is -2.27. The third-order valence-electron chi connectivity index (χ3n) is 4.14. The van der Waals surface area contributed by atoms with E-state index in [0.29, 0.717) is 18.5 Å². The molecule has 3 heteroatoms. The van der Waals surface area contributed by atoms with E-state index in [1.807, 2.05) is 35.2 Å². The van der Waals surface area contributed by atoms with Crippen LogP contribution in [0.4, 0.5) is 0 Å². The molecule has 0 bridgehead atoms. The van der Waals surface area contributed by atoms with Crippen LogP contribution in [-0.4, -0.2) is 22.9 Å². The molecule has 1 aromatic carbocycles. The third-order valence-corrected chi connectivity index (χ3v) is 4.14. The Bertz CT molecular complexity index is 408. The highest BCUT2D eigenvalue weighted by molar-refractivity contribution is 5.77. The molecule has 0 aromatic heterocycles. The molecule has 2 N–H and O–H groups in total. The van der Waals surface area contributed by atoms with Gasteiger partial charge in [-0.15, -0.1) is 0 Å². The van der Waals surface area contributed by atoms with E-state index in [4.69, 9.17) is 5.73 Å². The molecule has 1 aromatic rings. The van der Waals surface area contributed by atoms with Gasteiger partial charge < -0.3 is 10.6 Å². The van der Waals surface area contributed by atoms with Gasteiger partial charge >= 0.3 is 0 Å². The molecule has 19 heavy (non-hydrogen) atoms. The van der Waals surface area contributed by atoms with Gasteiger partial charge in [-0.1, -0.05) is 30.3 Å². The zero-order valence-electron chi connectivity index (χ0n) is 11.9. The van der Waals surface area contributed by atoms with E-state index in [1.54, 1.807) is 0 Å². The maximum atomic E-state index is 12.3. The minimum Gasteiger partial charge on any atom is -0.337 e. The smallest absolute Gasteiger partial charge is 0.223 e. The molecule has 0 saturated carbocycles. The largest absolute Gasteiger partial charge is 0.337 e. The monoisotopic (exact) mass is 260 g/mol. The number of hydrogen-bond donors (Lipinski definition) is 1. The van der Waals surface area contributed by atoms with E-state index < -0.39 is 0 Å². The van der Waals surface area contributed by atoms with Gasteiger partial charge in [-0.05, 0) is 38.7 Å². The number of likely N-dealkylation sites (tertiary alicyclic amines) is 1. The Labute approximate surface area is 115 Å². The maximum Gasteiger partial charge on any atom is 0.223 e. The first kappa shape index (κ1) is 14.1. The second-order valence-electron chi connectivity index (χ2n) is 5.63. The van der Waals surface area contributed by atoms with Gasteiger partial charge in [-0.25, -0.2) is 0 Å². The molecule has 1 aliphatic rings. The normalized spacial score (nSPS) is 24.5. The van der Waals surface area contributed by atoms with E-state index >= 15 is 0 Å². The molecule has 0 radical (unpaired) electrons. The van der Waals surface area contributed by atoms with Crippen LogP contribution < -0.4 is 5.73 Å². The number of carbonyl (C=O) groups is 1. The lowest BCUT2D eigenvalue weighted by molar-refractivity contribution is -0.133. The quantitative estimate of drug-likeness (QED) is 0.905. The Morgan fingerprint density at radius 1 is 1.26 bits per heavy atom. The van der Waals surface area contributed by atoms with Crippen molar-refractivity contribution >= 4 is 5.91 Å². The average Bonchev–Trinajstić information content (AvgIpc) is 2.76. The molecule has 104 valence electrons. The fourth-order valence-corrected chi connectivity index (χ4v) is 2.96. The summed E-state index contributed by atoms with van der Waals surface area (Å²) >= 11 is 0. The van der Waals surface area contributed by atoms with Crippen LogP contribution in [0, 0.1) is 0 Å². The number of benzene rings is 1. The summed E-state index contributed by atoms with van der Waals surface area (Å²) in [5.74, 6) is 0.254. The van der Waals surface area contributed by atoms with Gasteiger partial charge in [0.05, 0.1) is 0 Å². The lowest BCUT2D eigenvalue weighted by atomic mass is 10.0. The summed E-state index contributed by atoms with van der Waals surface area (Å²) in [6, 6.07) is 10.7. The van der Waals surface area contributed by atoms with E-state index in [2.05, 4.69) is 13.8 Å². The van der Waals surface area contributed by atoms with Crippen LogP contribution in [0.3, 0.4) is 0 Å². The van der Waals surface area contributed by atoms with Gasteiger partial charge in [-0.2, -0.15) is 0 Å². The summed E-state index contributed by atoms with van der Waals surface area (Å²) in [6.07, 6.45) is 3.51. The fraction of sp³-hybridized carbons (Fsp3) is 0.562. The van der Waals surface area contributed by atoms with Crippen molar-refractivity contribution in [1.29, 1.82) is 0 Å². The van der Waals surface area contributed by atoms with Crippen LogP contribution in [0.5, 0.6) is 0 Å². The third kappa shape index (κ3) is 3.35. The lowest BCUT2D eigenvalue weighted by Crippen LogP contribution is -2.38. The molecule has 0 unspecified atom stereocenters. The van der Waals surface area contributed by atoms with Crippen molar-refractivity contribution in [2.75, 3.05) is 0 Å². The highest BCUT2D eigenvalue weighted by atomic mass is 16.2. The summed E-state index contributed by atoms with van der Waals surface area (Å²) in [6.45, 7) is 4.27. The van der Waals surface area contributed by atoms with Crippen molar-refractivity contribution in [2.24, 2.45) is 5.73 Å². The second kappa shape index (κ2) is 6.20. The molecule has 1 fully saturated rings. The number of hydrogen-bond acceptors (Lipinski definition) is 2. The predicted octanol–water partition coefficient (Wildman–Crippen LogP) is 2.87. The predicted molar refractivity (Wildman–Crippen MR) is 77.6 cm³/mol. The Hall–Kier alpha value is -1.35. The Kier molecular flexibility index (Phi) is 4.59. The van der Waals surface area contributed by atoms with E-state index in [1.165, 1.54) is 0 Å². The molecule has 3 nitrogen and oxygen atoms in total. The second-order valence-corrected chi connectivity index (χ2v) is 5.63. The van der Waals surface area contributed by atoms with Crippen molar-refractivity contribution in [2.45, 2.75) is 57.7 Å². The minimum atomic E-state index is -0.0432. The Morgan fingerprint density at radius 2 is 1.84 bits per heavy atom. The van der Waals surface area contributed by atoms with Crippen LogP contribution in [0.15, 0.2) is 30.3 Å². The molecule has 0 spiro atoms. The molecular formula is C16H24N2O. The van der Waals surface area contributed by atoms with Crippen molar-refractivity contribution in [3.8, 4) is 0 Å². The zero-order valence-corrected chi connectivity index (χ0v) is 11.9. The molecule has 3 atom stereocenters. The van der Waals surface area contributed by atoms with Gasteiger partial charge in [0.15, 0.2) is 0 Å². The summed E-state index contributed by atoms with van der Waals surface area (Å²) in [7, 11) is 0. The Morgan fingerprint density at radius 3 is 2.42 bits per heavy atom. The van der Waals surface area contributed by atoms with E-state index in [9.17, 15) is 4.79 Å². The average molecular weight is 260 g/mol. The molecule has 1 amide bonds. The fourth-order valence-electron chi connectivity index (χ4n) is 2.96. The summed E-state index contributed by atoms with van der Waals surface area (Å²) in [4.78, 5) is 14.3. The van der Waals surface area contributed by atoms with E-state index in [-0.39, 0.29) is 11.9 Å². The van der Waals surface area contributed by atoms with Crippen molar-refractivity contribution in [3.63, 3.8) is 0 Å². The zero-order chi connectivity index (χ0) is 13.8. The van der Waals surface area contributed by atoms with Crippen molar-refractivity contribution in [1.82, 2.24) is 4.90 Å². The highest BCUT2D eigenvalue weighted by Crippen LogP contribution is 2.25. The van der Waals surface area contributed by atoms with Gasteiger partial charge in [0.25, 0.3) is 0 Å². The first-order valence-corrected chi connectivity index (χ1v) is 7.21. The van der Waals surface area contributed by atoms with Crippen molar-refractivity contribution in [3.05, 3.63) is 35.9 Å². The number of rotatable bonds is 4. The highest BCUT2D eigenvalue weighted by Gasteiger charge is 2.30. The summed E-state index contributed by atoms with van der Waals surface area (Å²) < 4.78 is 0. The summed E-state index contributed by atoms with van der Waals surface area (Å²) in [5.41, 5.74) is 7.25. The number of amides is 1. The number of nitrogens with two attached hydrogens (primary N) is 1. The minimum absolute atomic E-state index is 0.0432. The van der Waals surface area contributed by atoms with Crippen LogP contribution in [0.25, 0.3) is 0 Å². The molecule has 1 aliphatic heterocycles. The van der Waals surface area contributed by atoms with Gasteiger partial charge in [0.2, 0.25) is 5.91 Å². The first-order valence-electron chi connectivity index (χ1n) is 7.21. The molecule has 1 heterocycles. The summed E-state index contributed by atoms with van der Waals surface area (Å²) in [5, 5.41) is 0. The first-order chi connectivity index (χ1) is 9.09. The topological polar surface area (TPSA) is 46.3 Å². The maximum absolute atomic E-state index is 12.3. The van der Waals surface area contributed by atoms with Crippen molar-refractivity contribution < 1.29 is 4.79 Å².